The molecular formula is C43H50N8O7. The van der Waals surface area contributed by atoms with E-state index in [1.165, 1.54) is 7.11 Å². The topological polar surface area (TPSA) is 179 Å². The average Bonchev–Trinajstić information content (AvgIpc) is 3.76. The van der Waals surface area contributed by atoms with E-state index in [4.69, 9.17) is 24.2 Å². The van der Waals surface area contributed by atoms with Gasteiger partial charge in [-0.1, -0.05) is 18.2 Å². The minimum absolute atomic E-state index is 0.0161. The molecule has 4 N–H and O–H groups in total. The second kappa shape index (κ2) is 15.9. The standard InChI is InChI=1S/C41H46N8O7.C2H4/c1-20-8-13-32(49(20)39(51)22(3)43-37-40(53-4)56-37)35-42-18-30(46-35)24-9-11-26-25(15-24)19-55-33-17-27-23(16-28(26)33)10-12-29-34(27)47-36(45-29)31-7-6-14-48(31)38(50)21(2)44-41(52)54-5;1-2/h9-12,15-18,20-22,31-32,37,40,43H,6-8,13-14,19H2,1-5H3,(H,42,46)(H,44,52)(H,45,47);1-2H2/t20-,21-,22-,31-,32-,37?,40?;/m0./s1. The molecule has 3 fully saturated rings. The van der Waals surface area contributed by atoms with Crippen LogP contribution in [0.3, 0.4) is 0 Å². The Bertz CT molecular complexity index is 2380. The lowest BCUT2D eigenvalue weighted by Gasteiger charge is -2.30. The molecule has 4 aliphatic rings. The van der Waals surface area contributed by atoms with Gasteiger partial charge in [-0.15, -0.1) is 13.2 Å². The summed E-state index contributed by atoms with van der Waals surface area (Å²) in [6, 6.07) is 13.3. The number of H-pyrrole nitrogens is 2. The van der Waals surface area contributed by atoms with E-state index in [1.807, 2.05) is 24.1 Å². The Kier molecular flexibility index (Phi) is 10.7. The Hall–Kier alpha value is -5.77. The van der Waals surface area contributed by atoms with E-state index < -0.39 is 18.2 Å². The lowest BCUT2D eigenvalue weighted by molar-refractivity contribution is -0.136. The third-order valence-corrected chi connectivity index (χ3v) is 11.7. The first-order chi connectivity index (χ1) is 28.1. The molecule has 2 aromatic heterocycles. The highest BCUT2D eigenvalue weighted by atomic mass is 16.8. The third kappa shape index (κ3) is 7.07. The number of methoxy groups -OCH3 is 2. The maximum atomic E-state index is 13.6. The van der Waals surface area contributed by atoms with E-state index in [9.17, 15) is 14.4 Å². The molecule has 304 valence electrons. The van der Waals surface area contributed by atoms with Gasteiger partial charge in [-0.2, -0.15) is 0 Å². The number of fused-ring (bicyclic) bond motifs is 6. The Morgan fingerprint density at radius 1 is 0.948 bits per heavy atom. The zero-order valence-electron chi connectivity index (χ0n) is 33.5. The van der Waals surface area contributed by atoms with Crippen molar-refractivity contribution in [3.63, 3.8) is 0 Å². The van der Waals surface area contributed by atoms with Crippen molar-refractivity contribution < 1.29 is 33.3 Å². The fourth-order valence-electron chi connectivity index (χ4n) is 8.71. The monoisotopic (exact) mass is 790 g/mol. The Labute approximate surface area is 336 Å². The highest BCUT2D eigenvalue weighted by Crippen LogP contribution is 2.43. The van der Waals surface area contributed by atoms with Crippen LogP contribution in [0.25, 0.3) is 44.2 Å². The van der Waals surface area contributed by atoms with Crippen molar-refractivity contribution in [2.24, 2.45) is 0 Å². The molecule has 0 aliphatic carbocycles. The van der Waals surface area contributed by atoms with E-state index in [0.717, 1.165) is 92.8 Å². The van der Waals surface area contributed by atoms with Crippen LogP contribution in [-0.4, -0.2) is 99.1 Å². The Morgan fingerprint density at radius 3 is 2.55 bits per heavy atom. The van der Waals surface area contributed by atoms with E-state index in [-0.39, 0.29) is 42.5 Å². The van der Waals surface area contributed by atoms with Crippen LogP contribution >= 0.6 is 0 Å². The molecule has 0 spiro atoms. The summed E-state index contributed by atoms with van der Waals surface area (Å²) >= 11 is 0. The molecule has 0 bridgehead atoms. The number of carbonyl (C=O) groups is 3. The van der Waals surface area contributed by atoms with Crippen molar-refractivity contribution in [2.45, 2.75) is 95.8 Å². The maximum absolute atomic E-state index is 13.6. The lowest BCUT2D eigenvalue weighted by Crippen LogP contribution is -2.48. The van der Waals surface area contributed by atoms with Gasteiger partial charge in [0.25, 0.3) is 0 Å². The highest BCUT2D eigenvalue weighted by Gasteiger charge is 2.44. The summed E-state index contributed by atoms with van der Waals surface area (Å²) in [6.07, 6.45) is 3.96. The number of imidazole rings is 2. The molecule has 9 rings (SSSR count). The average molecular weight is 791 g/mol. The van der Waals surface area contributed by atoms with Gasteiger partial charge in [0.15, 0.2) is 12.5 Å². The summed E-state index contributed by atoms with van der Waals surface area (Å²) < 4.78 is 21.7. The normalized spacial score (nSPS) is 23.0. The summed E-state index contributed by atoms with van der Waals surface area (Å²) in [5.41, 5.74) is 6.76. The molecule has 3 aromatic carbocycles. The van der Waals surface area contributed by atoms with E-state index >= 15 is 0 Å². The van der Waals surface area contributed by atoms with Crippen LogP contribution in [0.5, 0.6) is 5.75 Å². The molecule has 5 aromatic rings. The summed E-state index contributed by atoms with van der Waals surface area (Å²) in [5, 5.41) is 7.80. The van der Waals surface area contributed by atoms with Gasteiger partial charge < -0.3 is 44.0 Å². The van der Waals surface area contributed by atoms with Crippen molar-refractivity contribution in [3.05, 3.63) is 79.0 Å². The van der Waals surface area contributed by atoms with Crippen LogP contribution in [0.15, 0.2) is 61.8 Å². The zero-order chi connectivity index (χ0) is 40.8. The van der Waals surface area contributed by atoms with E-state index in [1.54, 1.807) is 18.9 Å². The minimum atomic E-state index is -0.720. The molecule has 0 radical (unpaired) electrons. The molecule has 0 saturated carbocycles. The van der Waals surface area contributed by atoms with Crippen LogP contribution in [0.1, 0.15) is 75.8 Å². The zero-order valence-corrected chi connectivity index (χ0v) is 33.5. The SMILES string of the molecule is C=C.COC(=O)N[C@@H](C)C(=O)N1CCC[C@H]1c1nc2c(ccc3cc4c(cc32)OCc2cc(-c3cnc([C@@H]5CC[C@H](C)N5C(=O)[C@H](C)NC5OC5OC)[nH]3)ccc2-4)[nH]1. The summed E-state index contributed by atoms with van der Waals surface area (Å²) in [5.74, 6) is 2.13. The second-order valence-electron chi connectivity index (χ2n) is 15.3. The number of ether oxygens (including phenoxy) is 4. The number of nitrogens with one attached hydrogen (secondary N) is 4. The van der Waals surface area contributed by atoms with Crippen molar-refractivity contribution in [2.75, 3.05) is 20.8 Å². The molecule has 58 heavy (non-hydrogen) atoms. The summed E-state index contributed by atoms with van der Waals surface area (Å²) in [6.45, 7) is 12.6. The highest BCUT2D eigenvalue weighted by molar-refractivity contribution is 6.07. The molecule has 2 unspecified atom stereocenters. The number of likely N-dealkylation sites (tertiary alicyclic amines) is 2. The number of epoxide rings is 1. The van der Waals surface area contributed by atoms with Crippen molar-refractivity contribution in [1.82, 2.24) is 40.4 Å². The second-order valence-corrected chi connectivity index (χ2v) is 15.3. The van der Waals surface area contributed by atoms with Gasteiger partial charge in [-0.25, -0.2) is 14.8 Å². The Morgan fingerprint density at radius 2 is 1.78 bits per heavy atom. The number of benzene rings is 3. The smallest absolute Gasteiger partial charge is 0.407 e. The molecule has 15 heteroatoms. The molecule has 3 saturated heterocycles. The van der Waals surface area contributed by atoms with Gasteiger partial charge in [-0.3, -0.25) is 14.9 Å². The van der Waals surface area contributed by atoms with Gasteiger partial charge >= 0.3 is 6.09 Å². The number of carbonyl (C=O) groups excluding carboxylic acids is 3. The van der Waals surface area contributed by atoms with Gasteiger partial charge in [-0.05, 0) is 92.8 Å². The predicted octanol–water partition coefficient (Wildman–Crippen LogP) is 6.23. The molecule has 3 amide bonds. The first kappa shape index (κ1) is 39.1. The van der Waals surface area contributed by atoms with Gasteiger partial charge in [0.1, 0.15) is 30.0 Å². The van der Waals surface area contributed by atoms with Crippen LogP contribution in [0.2, 0.25) is 0 Å². The first-order valence-corrected chi connectivity index (χ1v) is 19.8. The number of rotatable bonds is 9. The fourth-order valence-corrected chi connectivity index (χ4v) is 8.71. The molecule has 7 atom stereocenters. The third-order valence-electron chi connectivity index (χ3n) is 11.7. The van der Waals surface area contributed by atoms with Crippen LogP contribution in [0.4, 0.5) is 4.79 Å². The van der Waals surface area contributed by atoms with Gasteiger partial charge in [0.2, 0.25) is 11.8 Å². The quantitative estimate of drug-likeness (QED) is 0.0988. The molecule has 4 aliphatic heterocycles. The largest absolute Gasteiger partial charge is 0.488 e. The van der Waals surface area contributed by atoms with Crippen molar-refractivity contribution in [1.29, 1.82) is 0 Å². The number of nitrogens with zero attached hydrogens (tertiary/aromatic N) is 4. The van der Waals surface area contributed by atoms with Crippen molar-refractivity contribution >= 4 is 39.7 Å². The predicted molar refractivity (Wildman–Crippen MR) is 217 cm³/mol. The van der Waals surface area contributed by atoms with Crippen LogP contribution < -0.4 is 15.4 Å². The van der Waals surface area contributed by atoms with Crippen LogP contribution in [0, 0.1) is 0 Å². The van der Waals surface area contributed by atoms with Gasteiger partial charge in [0, 0.05) is 30.6 Å². The summed E-state index contributed by atoms with van der Waals surface area (Å²) in [4.78, 5) is 59.2. The number of hydrogen-bond acceptors (Lipinski definition) is 10. The van der Waals surface area contributed by atoms with Gasteiger partial charge in [0.05, 0.1) is 48.2 Å². The number of amides is 3. The number of aromatic amines is 2. The summed E-state index contributed by atoms with van der Waals surface area (Å²) in [7, 11) is 2.87. The lowest BCUT2D eigenvalue weighted by atomic mass is 9.92. The fraction of sp³-hybridized carbons (Fsp3) is 0.419. The molecule has 15 nitrogen and oxygen atoms in total. The van der Waals surface area contributed by atoms with E-state index in [0.29, 0.717) is 13.2 Å². The molecular weight excluding hydrogens is 741 g/mol. The number of alkyl carbamates (subject to hydrolysis) is 1. The van der Waals surface area contributed by atoms with E-state index in [2.05, 4.69) is 81.8 Å². The Balaban J connectivity index is 0.00000231. The number of aromatic nitrogens is 4. The van der Waals surface area contributed by atoms with Crippen LogP contribution in [-0.2, 0) is 30.4 Å². The number of hydrogen-bond donors (Lipinski definition) is 4. The molecule has 6 heterocycles. The first-order valence-electron chi connectivity index (χ1n) is 19.8. The van der Waals surface area contributed by atoms with Crippen molar-refractivity contribution in [3.8, 4) is 28.1 Å². The minimum Gasteiger partial charge on any atom is -0.488 e. The maximum Gasteiger partial charge on any atom is 0.407 e.